The van der Waals surface area contributed by atoms with Gasteiger partial charge in [0.25, 0.3) is 0 Å². The highest BCUT2D eigenvalue weighted by atomic mass is 16.7. The summed E-state index contributed by atoms with van der Waals surface area (Å²) in [4.78, 5) is 11.9. The average molecular weight is 326 g/mol. The maximum absolute atomic E-state index is 11.9. The van der Waals surface area contributed by atoms with Crippen LogP contribution in [0.1, 0.15) is 50.0 Å². The van der Waals surface area contributed by atoms with Crippen LogP contribution in [-0.4, -0.2) is 30.6 Å². The zero-order valence-corrected chi connectivity index (χ0v) is 14.6. The van der Waals surface area contributed by atoms with Gasteiger partial charge in [0.15, 0.2) is 5.78 Å². The van der Waals surface area contributed by atoms with E-state index >= 15 is 0 Å². The van der Waals surface area contributed by atoms with Gasteiger partial charge in [-0.1, -0.05) is 24.3 Å². The van der Waals surface area contributed by atoms with Crippen molar-refractivity contribution in [1.29, 1.82) is 5.26 Å². The van der Waals surface area contributed by atoms with E-state index in [9.17, 15) is 4.79 Å². The summed E-state index contributed by atoms with van der Waals surface area (Å²) in [5, 5.41) is 8.66. The van der Waals surface area contributed by atoms with Crippen LogP contribution in [0, 0.1) is 11.3 Å². The van der Waals surface area contributed by atoms with Crippen molar-refractivity contribution < 1.29 is 14.1 Å². The second-order valence-corrected chi connectivity index (χ2v) is 6.90. The first-order valence-electron chi connectivity index (χ1n) is 7.96. The van der Waals surface area contributed by atoms with Crippen molar-refractivity contribution in [3.05, 3.63) is 40.9 Å². The fraction of sp³-hybridized carbons (Fsp3) is 0.444. The molecular weight excluding hydrogens is 303 g/mol. The molecule has 1 saturated heterocycles. The highest BCUT2D eigenvalue weighted by molar-refractivity contribution is 6.55. The van der Waals surface area contributed by atoms with Gasteiger partial charge in [-0.05, 0) is 44.8 Å². The molecule has 1 aromatic rings. The molecule has 6 heteroatoms. The first-order chi connectivity index (χ1) is 11.2. The minimum absolute atomic E-state index is 0.131. The summed E-state index contributed by atoms with van der Waals surface area (Å²) < 4.78 is 12.1. The highest BCUT2D eigenvalue weighted by Gasteiger charge is 2.52. The molecule has 5 nitrogen and oxygen atoms in total. The van der Waals surface area contributed by atoms with E-state index in [0.29, 0.717) is 5.56 Å². The standard InChI is InChI=1S/C18H23BN2O3/c1-17(2)18(3,4)24-19(23-17)15(12-21)11-13-6-5-7-14(10-13)16(22)8-9-20/h5-7,10-11H,8,12,21H2,1-4H3. The van der Waals surface area contributed by atoms with Gasteiger partial charge in [0.05, 0.1) is 23.7 Å². The Balaban J connectivity index is 2.28. The second kappa shape index (κ2) is 6.90. The fourth-order valence-corrected chi connectivity index (χ4v) is 2.41. The summed E-state index contributed by atoms with van der Waals surface area (Å²) in [6.45, 7) is 8.24. The van der Waals surface area contributed by atoms with Gasteiger partial charge in [-0.3, -0.25) is 4.79 Å². The summed E-state index contributed by atoms with van der Waals surface area (Å²) in [5.74, 6) is -0.197. The Morgan fingerprint density at radius 1 is 1.29 bits per heavy atom. The van der Waals surface area contributed by atoms with E-state index in [1.807, 2.05) is 45.9 Å². The van der Waals surface area contributed by atoms with Crippen LogP contribution in [0.2, 0.25) is 0 Å². The summed E-state index contributed by atoms with van der Waals surface area (Å²) in [5.41, 5.74) is 7.16. The molecule has 1 aromatic carbocycles. The predicted octanol–water partition coefficient (Wildman–Crippen LogP) is 2.76. The molecule has 0 aromatic heterocycles. The maximum atomic E-state index is 11.9. The van der Waals surface area contributed by atoms with Gasteiger partial charge in [0.1, 0.15) is 0 Å². The first-order valence-corrected chi connectivity index (χ1v) is 7.96. The van der Waals surface area contributed by atoms with E-state index in [2.05, 4.69) is 0 Å². The van der Waals surface area contributed by atoms with E-state index in [-0.39, 0.29) is 18.7 Å². The largest absolute Gasteiger partial charge is 0.491 e. The van der Waals surface area contributed by atoms with E-state index in [1.54, 1.807) is 18.2 Å². The Morgan fingerprint density at radius 3 is 2.46 bits per heavy atom. The summed E-state index contributed by atoms with van der Waals surface area (Å²) in [6, 6.07) is 8.99. The molecule has 0 atom stereocenters. The molecule has 0 saturated carbocycles. The van der Waals surface area contributed by atoms with Crippen molar-refractivity contribution in [3.63, 3.8) is 0 Å². The van der Waals surface area contributed by atoms with Crippen LogP contribution in [-0.2, 0) is 9.31 Å². The zero-order chi connectivity index (χ0) is 18.0. The van der Waals surface area contributed by atoms with Crippen LogP contribution in [0.25, 0.3) is 6.08 Å². The quantitative estimate of drug-likeness (QED) is 0.664. The maximum Gasteiger partial charge on any atom is 0.491 e. The van der Waals surface area contributed by atoms with E-state index in [1.165, 1.54) is 0 Å². The smallest absolute Gasteiger partial charge is 0.400 e. The fourth-order valence-electron chi connectivity index (χ4n) is 2.41. The van der Waals surface area contributed by atoms with Crippen molar-refractivity contribution in [1.82, 2.24) is 0 Å². The van der Waals surface area contributed by atoms with Gasteiger partial charge in [-0.25, -0.2) is 0 Å². The molecule has 126 valence electrons. The molecule has 1 aliphatic heterocycles. The van der Waals surface area contributed by atoms with E-state index in [0.717, 1.165) is 11.0 Å². The number of nitrogens with zero attached hydrogens (tertiary/aromatic N) is 1. The lowest BCUT2D eigenvalue weighted by molar-refractivity contribution is 0.00578. The Morgan fingerprint density at radius 2 is 1.92 bits per heavy atom. The zero-order valence-electron chi connectivity index (χ0n) is 14.6. The third-order valence-corrected chi connectivity index (χ3v) is 4.59. The number of nitrogens with two attached hydrogens (primary N) is 1. The molecule has 2 N–H and O–H groups in total. The van der Waals surface area contributed by atoms with Gasteiger partial charge in [0.2, 0.25) is 0 Å². The number of nitriles is 1. The Kier molecular flexibility index (Phi) is 5.29. The first kappa shape index (κ1) is 18.4. The van der Waals surface area contributed by atoms with E-state index < -0.39 is 18.3 Å². The lowest BCUT2D eigenvalue weighted by Crippen LogP contribution is -2.41. The lowest BCUT2D eigenvalue weighted by Gasteiger charge is -2.32. The van der Waals surface area contributed by atoms with Crippen molar-refractivity contribution in [3.8, 4) is 6.07 Å². The average Bonchev–Trinajstić information content (AvgIpc) is 2.73. The van der Waals surface area contributed by atoms with Crippen LogP contribution >= 0.6 is 0 Å². The topological polar surface area (TPSA) is 85.3 Å². The summed E-state index contributed by atoms with van der Waals surface area (Å²) in [6.07, 6.45) is 1.75. The van der Waals surface area contributed by atoms with E-state index in [4.69, 9.17) is 20.3 Å². The molecule has 1 fully saturated rings. The SMILES string of the molecule is CC1(C)OB(C(=Cc2cccc(C(=O)CC#N)c2)CN)OC1(C)C. The monoisotopic (exact) mass is 326 g/mol. The third kappa shape index (κ3) is 3.76. The molecule has 24 heavy (non-hydrogen) atoms. The molecular formula is C18H23BN2O3. The Hall–Kier alpha value is -1.94. The minimum atomic E-state index is -0.515. The molecule has 0 aliphatic carbocycles. The van der Waals surface area contributed by atoms with Crippen LogP contribution < -0.4 is 5.73 Å². The van der Waals surface area contributed by atoms with Crippen LogP contribution in [0.4, 0.5) is 0 Å². The van der Waals surface area contributed by atoms with Crippen LogP contribution in [0.3, 0.4) is 0 Å². The van der Waals surface area contributed by atoms with Crippen LogP contribution in [0.5, 0.6) is 0 Å². The normalized spacial score (nSPS) is 19.2. The number of carbonyl (C=O) groups is 1. The molecule has 0 amide bonds. The van der Waals surface area contributed by atoms with Crippen molar-refractivity contribution in [2.45, 2.75) is 45.3 Å². The molecule has 0 bridgehead atoms. The van der Waals surface area contributed by atoms with Gasteiger partial charge in [0, 0.05) is 12.1 Å². The molecule has 1 aliphatic rings. The number of Topliss-reactive ketones (excluding diaryl/α,β-unsaturated/α-hetero) is 1. The van der Waals surface area contributed by atoms with Crippen LogP contribution in [0.15, 0.2) is 29.7 Å². The number of benzene rings is 1. The van der Waals surface area contributed by atoms with Gasteiger partial charge < -0.3 is 15.0 Å². The summed E-state index contributed by atoms with van der Waals surface area (Å²) >= 11 is 0. The number of carbonyl (C=O) groups excluding carboxylic acids is 1. The number of hydrogen-bond acceptors (Lipinski definition) is 5. The molecule has 0 radical (unpaired) electrons. The molecule has 0 spiro atoms. The second-order valence-electron chi connectivity index (χ2n) is 6.90. The number of ketones is 1. The predicted molar refractivity (Wildman–Crippen MR) is 94.1 cm³/mol. The van der Waals surface area contributed by atoms with Crippen molar-refractivity contribution >= 4 is 19.0 Å². The van der Waals surface area contributed by atoms with Gasteiger partial charge >= 0.3 is 7.12 Å². The highest BCUT2D eigenvalue weighted by Crippen LogP contribution is 2.38. The minimum Gasteiger partial charge on any atom is -0.400 e. The molecule has 1 heterocycles. The summed E-state index contributed by atoms with van der Waals surface area (Å²) in [7, 11) is -0.515. The van der Waals surface area contributed by atoms with Gasteiger partial charge in [-0.2, -0.15) is 5.26 Å². The lowest BCUT2D eigenvalue weighted by atomic mass is 9.77. The molecule has 0 unspecified atom stereocenters. The number of rotatable bonds is 5. The van der Waals surface area contributed by atoms with Crippen molar-refractivity contribution in [2.24, 2.45) is 5.73 Å². The Bertz CT molecular complexity index is 688. The Labute approximate surface area is 143 Å². The van der Waals surface area contributed by atoms with Crippen molar-refractivity contribution in [2.75, 3.05) is 6.54 Å². The van der Waals surface area contributed by atoms with Gasteiger partial charge in [-0.15, -0.1) is 0 Å². The third-order valence-electron chi connectivity index (χ3n) is 4.59. The molecule has 2 rings (SSSR count). The number of hydrogen-bond donors (Lipinski definition) is 1.